The molecule has 1 saturated heterocycles. The standard InChI is InChI=1S/C29H30ClN7O2/c1-18(2)32-12-20-14-37(26-13-31-11-19-6-4-5-7-23(19)26)28(39)29(20)17-36(16-22-15-35(3)34-33-22)27(38)24-9-8-21(30)10-25(24)29/h4-11,13,15,18,20,32H,12,14,16-17H2,1-3H3/t20-,29-/m1/s1. The Hall–Kier alpha value is -3.82. The molecule has 2 amide bonds. The van der Waals surface area contributed by atoms with E-state index in [-0.39, 0.29) is 36.9 Å². The minimum absolute atomic E-state index is 0.0589. The fourth-order valence-corrected chi connectivity index (χ4v) is 6.21. The summed E-state index contributed by atoms with van der Waals surface area (Å²) in [5.74, 6) is -0.344. The predicted molar refractivity (Wildman–Crippen MR) is 150 cm³/mol. The van der Waals surface area contributed by atoms with Crippen LogP contribution in [0.1, 0.15) is 35.5 Å². The molecule has 9 nitrogen and oxygen atoms in total. The number of carbonyl (C=O) groups excluding carboxylic acids is 2. The summed E-state index contributed by atoms with van der Waals surface area (Å²) in [6.07, 6.45) is 5.36. The van der Waals surface area contributed by atoms with Crippen molar-refractivity contribution in [3.05, 3.63) is 82.9 Å². The summed E-state index contributed by atoms with van der Waals surface area (Å²) in [6.45, 7) is 5.72. The Morgan fingerprint density at radius 2 is 1.97 bits per heavy atom. The molecule has 4 heterocycles. The first-order valence-electron chi connectivity index (χ1n) is 13.1. The van der Waals surface area contributed by atoms with Gasteiger partial charge in [0.15, 0.2) is 0 Å². The van der Waals surface area contributed by atoms with Gasteiger partial charge in [-0.05, 0) is 23.8 Å². The summed E-state index contributed by atoms with van der Waals surface area (Å²) in [4.78, 5) is 36.6. The van der Waals surface area contributed by atoms with Crippen LogP contribution >= 0.6 is 11.6 Å². The maximum atomic E-state index is 14.8. The van der Waals surface area contributed by atoms with Gasteiger partial charge in [-0.2, -0.15) is 0 Å². The van der Waals surface area contributed by atoms with E-state index in [0.29, 0.717) is 34.9 Å². The Kier molecular flexibility index (Phi) is 6.35. The Bertz CT molecular complexity index is 1580. The van der Waals surface area contributed by atoms with E-state index in [1.165, 1.54) is 0 Å². The fraction of sp³-hybridized carbons (Fsp3) is 0.345. The van der Waals surface area contributed by atoms with Crippen LogP contribution < -0.4 is 10.2 Å². The second-order valence-electron chi connectivity index (χ2n) is 10.8. The Labute approximate surface area is 231 Å². The lowest BCUT2D eigenvalue weighted by Gasteiger charge is -2.43. The number of anilines is 1. The highest BCUT2D eigenvalue weighted by molar-refractivity contribution is 6.31. The van der Waals surface area contributed by atoms with Crippen molar-refractivity contribution in [1.29, 1.82) is 0 Å². The van der Waals surface area contributed by atoms with Gasteiger partial charge in [0.05, 0.1) is 23.8 Å². The third kappa shape index (κ3) is 4.26. The molecule has 0 bridgehead atoms. The number of carbonyl (C=O) groups is 2. The number of aryl methyl sites for hydroxylation is 1. The van der Waals surface area contributed by atoms with Crippen LogP contribution in [-0.4, -0.2) is 62.4 Å². The van der Waals surface area contributed by atoms with Crippen LogP contribution in [0, 0.1) is 5.92 Å². The van der Waals surface area contributed by atoms with Gasteiger partial charge in [-0.25, -0.2) is 0 Å². The first kappa shape index (κ1) is 25.5. The summed E-state index contributed by atoms with van der Waals surface area (Å²) in [6, 6.07) is 13.4. The molecule has 2 aliphatic heterocycles. The molecule has 10 heteroatoms. The third-order valence-electron chi connectivity index (χ3n) is 7.86. The topological polar surface area (TPSA) is 96.2 Å². The largest absolute Gasteiger partial charge is 0.331 e. The molecule has 200 valence electrons. The molecule has 2 atom stereocenters. The van der Waals surface area contributed by atoms with Gasteiger partial charge in [-0.3, -0.25) is 19.3 Å². The molecule has 0 aliphatic carbocycles. The summed E-state index contributed by atoms with van der Waals surface area (Å²) in [5.41, 5.74) is 1.61. The van der Waals surface area contributed by atoms with Crippen LogP contribution in [0.5, 0.6) is 0 Å². The minimum atomic E-state index is -1.00. The molecular formula is C29H30ClN7O2. The molecule has 2 aromatic heterocycles. The van der Waals surface area contributed by atoms with Gasteiger partial charge in [0.1, 0.15) is 5.69 Å². The smallest absolute Gasteiger partial charge is 0.254 e. The number of benzene rings is 2. The normalized spacial score (nSPS) is 21.0. The number of nitrogens with zero attached hydrogens (tertiary/aromatic N) is 6. The highest BCUT2D eigenvalue weighted by Gasteiger charge is 2.59. The minimum Gasteiger partial charge on any atom is -0.331 e. The zero-order valence-corrected chi connectivity index (χ0v) is 22.9. The summed E-state index contributed by atoms with van der Waals surface area (Å²) < 4.78 is 1.61. The molecule has 0 saturated carbocycles. The molecule has 2 aliphatic rings. The van der Waals surface area contributed by atoms with E-state index in [1.54, 1.807) is 47.2 Å². The second-order valence-corrected chi connectivity index (χ2v) is 11.2. The Morgan fingerprint density at radius 1 is 1.15 bits per heavy atom. The Morgan fingerprint density at radius 3 is 2.74 bits per heavy atom. The van der Waals surface area contributed by atoms with Crippen molar-refractivity contribution in [2.45, 2.75) is 31.8 Å². The van der Waals surface area contributed by atoms with Crippen molar-refractivity contribution in [3.63, 3.8) is 0 Å². The van der Waals surface area contributed by atoms with E-state index < -0.39 is 5.41 Å². The zero-order chi connectivity index (χ0) is 27.3. The molecule has 0 unspecified atom stereocenters. The lowest BCUT2D eigenvalue weighted by atomic mass is 9.67. The maximum Gasteiger partial charge on any atom is 0.254 e. The molecule has 1 fully saturated rings. The van der Waals surface area contributed by atoms with Crippen molar-refractivity contribution >= 4 is 39.9 Å². The molecule has 0 radical (unpaired) electrons. The maximum absolute atomic E-state index is 14.8. The molecule has 1 spiro atoms. The van der Waals surface area contributed by atoms with E-state index >= 15 is 0 Å². The quantitative estimate of drug-likeness (QED) is 0.399. The number of amides is 2. The van der Waals surface area contributed by atoms with E-state index in [2.05, 4.69) is 34.5 Å². The van der Waals surface area contributed by atoms with Crippen molar-refractivity contribution in [1.82, 2.24) is 30.2 Å². The third-order valence-corrected chi connectivity index (χ3v) is 8.10. The predicted octanol–water partition coefficient (Wildman–Crippen LogP) is 3.57. The van der Waals surface area contributed by atoms with Crippen LogP contribution in [0.4, 0.5) is 5.69 Å². The van der Waals surface area contributed by atoms with Crippen LogP contribution in [0.25, 0.3) is 10.8 Å². The van der Waals surface area contributed by atoms with E-state index in [4.69, 9.17) is 11.6 Å². The van der Waals surface area contributed by atoms with Gasteiger partial charge in [-0.1, -0.05) is 54.9 Å². The average molecular weight is 544 g/mol. The number of aromatic nitrogens is 4. The first-order chi connectivity index (χ1) is 18.8. The van der Waals surface area contributed by atoms with E-state index in [9.17, 15) is 9.59 Å². The van der Waals surface area contributed by atoms with Crippen molar-refractivity contribution in [2.75, 3.05) is 24.5 Å². The summed E-state index contributed by atoms with van der Waals surface area (Å²) in [5, 5.41) is 14.2. The molecular weight excluding hydrogens is 514 g/mol. The second kappa shape index (κ2) is 9.73. The van der Waals surface area contributed by atoms with Gasteiger partial charge in [0.2, 0.25) is 5.91 Å². The van der Waals surface area contributed by atoms with E-state index in [0.717, 1.165) is 16.5 Å². The van der Waals surface area contributed by atoms with Crippen molar-refractivity contribution < 1.29 is 9.59 Å². The summed E-state index contributed by atoms with van der Waals surface area (Å²) >= 11 is 6.51. The number of hydrogen-bond donors (Lipinski definition) is 1. The molecule has 4 aromatic rings. The summed E-state index contributed by atoms with van der Waals surface area (Å²) in [7, 11) is 1.79. The van der Waals surface area contributed by atoms with Crippen molar-refractivity contribution in [3.8, 4) is 0 Å². The SMILES string of the molecule is CC(C)NC[C@@H]1CN(c2cncc3ccccc23)C(=O)[C@]12CN(Cc1cn(C)nn1)C(=O)c1ccc(Cl)cc12. The van der Waals surface area contributed by atoms with Gasteiger partial charge < -0.3 is 15.1 Å². The van der Waals surface area contributed by atoms with Gasteiger partial charge in [0.25, 0.3) is 5.91 Å². The van der Waals surface area contributed by atoms with E-state index in [1.807, 2.05) is 35.4 Å². The monoisotopic (exact) mass is 543 g/mol. The first-order valence-corrected chi connectivity index (χ1v) is 13.5. The average Bonchev–Trinajstić information content (AvgIpc) is 3.45. The number of fused-ring (bicyclic) bond motifs is 3. The number of rotatable bonds is 6. The Balaban J connectivity index is 1.51. The number of halogens is 1. The lowest BCUT2D eigenvalue weighted by Crippen LogP contribution is -2.57. The number of hydrogen-bond acceptors (Lipinski definition) is 6. The van der Waals surface area contributed by atoms with Gasteiger partial charge in [0, 0.05) is 72.4 Å². The molecule has 1 N–H and O–H groups in total. The van der Waals surface area contributed by atoms with Crippen molar-refractivity contribution in [2.24, 2.45) is 13.0 Å². The van der Waals surface area contributed by atoms with Crippen LogP contribution in [0.3, 0.4) is 0 Å². The number of pyridine rings is 1. The molecule has 2 aromatic carbocycles. The van der Waals surface area contributed by atoms with Gasteiger partial charge in [-0.15, -0.1) is 5.10 Å². The van der Waals surface area contributed by atoms with Crippen LogP contribution in [-0.2, 0) is 23.8 Å². The van der Waals surface area contributed by atoms with Gasteiger partial charge >= 0.3 is 0 Å². The highest BCUT2D eigenvalue weighted by Crippen LogP contribution is 2.48. The lowest BCUT2D eigenvalue weighted by molar-refractivity contribution is -0.123. The number of nitrogens with one attached hydrogen (secondary N) is 1. The molecule has 6 rings (SSSR count). The highest BCUT2D eigenvalue weighted by atomic mass is 35.5. The van der Waals surface area contributed by atoms with Crippen LogP contribution in [0.15, 0.2) is 61.1 Å². The zero-order valence-electron chi connectivity index (χ0n) is 22.1. The van der Waals surface area contributed by atoms with Crippen LogP contribution in [0.2, 0.25) is 5.02 Å². The fourth-order valence-electron chi connectivity index (χ4n) is 6.04. The molecule has 39 heavy (non-hydrogen) atoms.